The summed E-state index contributed by atoms with van der Waals surface area (Å²) >= 11 is 0. The number of carbonyl (C=O) groups excluding carboxylic acids is 2. The molecule has 0 aliphatic rings. The van der Waals surface area contributed by atoms with Crippen molar-refractivity contribution in [2.75, 3.05) is 6.61 Å². The topological polar surface area (TPSA) is 64.6 Å². The first kappa shape index (κ1) is 23.0. The van der Waals surface area contributed by atoms with Gasteiger partial charge in [-0.15, -0.1) is 0 Å². The first-order valence-corrected chi connectivity index (χ1v) is 9.23. The van der Waals surface area contributed by atoms with Crippen molar-refractivity contribution < 1.29 is 32.2 Å². The van der Waals surface area contributed by atoms with Crippen molar-refractivity contribution in [3.05, 3.63) is 71.8 Å². The van der Waals surface area contributed by atoms with Gasteiger partial charge in [0.05, 0.1) is 12.7 Å². The van der Waals surface area contributed by atoms with E-state index in [4.69, 9.17) is 9.47 Å². The second kappa shape index (κ2) is 10.5. The molecular formula is C22H22F3NO4. The van der Waals surface area contributed by atoms with Gasteiger partial charge < -0.3 is 14.8 Å². The number of carbonyl (C=O) groups is 2. The number of nitrogens with one attached hydrogen (secondary N) is 1. The minimum absolute atomic E-state index is 0.101. The van der Waals surface area contributed by atoms with Gasteiger partial charge in [0.1, 0.15) is 17.6 Å². The van der Waals surface area contributed by atoms with E-state index in [9.17, 15) is 22.8 Å². The molecule has 0 aromatic heterocycles. The van der Waals surface area contributed by atoms with E-state index in [1.54, 1.807) is 37.3 Å². The van der Waals surface area contributed by atoms with Gasteiger partial charge in [-0.3, -0.25) is 4.79 Å². The summed E-state index contributed by atoms with van der Waals surface area (Å²) in [6.45, 7) is 3.13. The lowest BCUT2D eigenvalue weighted by Crippen LogP contribution is -2.42. The summed E-state index contributed by atoms with van der Waals surface area (Å²) in [6, 6.07) is 13.3. The third-order valence-electron chi connectivity index (χ3n) is 3.89. The Morgan fingerprint density at radius 1 is 1.07 bits per heavy atom. The predicted molar refractivity (Wildman–Crippen MR) is 105 cm³/mol. The summed E-state index contributed by atoms with van der Waals surface area (Å²) in [4.78, 5) is 23.3. The molecule has 30 heavy (non-hydrogen) atoms. The van der Waals surface area contributed by atoms with Crippen molar-refractivity contribution in [1.29, 1.82) is 0 Å². The molecule has 160 valence electrons. The fourth-order valence-electron chi connectivity index (χ4n) is 2.66. The van der Waals surface area contributed by atoms with E-state index in [1.165, 1.54) is 31.2 Å². The molecule has 5 nitrogen and oxygen atoms in total. The van der Waals surface area contributed by atoms with Gasteiger partial charge in [0.15, 0.2) is 0 Å². The molecule has 2 aromatic carbocycles. The maximum absolute atomic E-state index is 12.9. The van der Waals surface area contributed by atoms with Crippen LogP contribution in [0.2, 0.25) is 0 Å². The Balaban J connectivity index is 2.17. The van der Waals surface area contributed by atoms with Gasteiger partial charge in [0, 0.05) is 18.9 Å². The van der Waals surface area contributed by atoms with Crippen molar-refractivity contribution >= 4 is 17.6 Å². The van der Waals surface area contributed by atoms with Crippen LogP contribution in [0.3, 0.4) is 0 Å². The zero-order chi connectivity index (χ0) is 22.1. The van der Waals surface area contributed by atoms with Crippen molar-refractivity contribution in [2.24, 2.45) is 0 Å². The van der Waals surface area contributed by atoms with Gasteiger partial charge in [0.2, 0.25) is 5.91 Å². The van der Waals surface area contributed by atoms with Crippen LogP contribution in [0, 0.1) is 0 Å². The first-order valence-electron chi connectivity index (χ1n) is 9.23. The third kappa shape index (κ3) is 7.62. The lowest BCUT2D eigenvalue weighted by molar-refractivity contribution is -0.147. The second-order valence-electron chi connectivity index (χ2n) is 6.37. The van der Waals surface area contributed by atoms with E-state index in [1.807, 2.05) is 0 Å². The lowest BCUT2D eigenvalue weighted by atomic mass is 10.1. The Labute approximate surface area is 172 Å². The maximum atomic E-state index is 12.9. The number of halogens is 3. The Morgan fingerprint density at radius 3 is 2.23 bits per heavy atom. The predicted octanol–water partition coefficient (Wildman–Crippen LogP) is 4.28. The monoisotopic (exact) mass is 421 g/mol. The third-order valence-corrected chi connectivity index (χ3v) is 3.89. The number of allylic oxidation sites excluding steroid dienone is 1. The van der Waals surface area contributed by atoms with E-state index < -0.39 is 18.2 Å². The normalized spacial score (nSPS) is 12.8. The smallest absolute Gasteiger partial charge is 0.413 e. The lowest BCUT2D eigenvalue weighted by Gasteiger charge is -2.17. The standard InChI is InChI=1S/C22H22F3NO4/c1-3-29-21(28)19(26-15(2)27)13-16-9-11-18(12-10-16)30-20(14-22(23,24)25)17-7-5-4-6-8-17/h4-12,14,19H,3,13H2,1-2H3,(H,26,27)/b20-14-/t19-/m0/s1. The van der Waals surface area contributed by atoms with Crippen LogP contribution in [0.4, 0.5) is 13.2 Å². The minimum atomic E-state index is -4.55. The summed E-state index contributed by atoms with van der Waals surface area (Å²) in [6.07, 6.45) is -4.28. The van der Waals surface area contributed by atoms with Crippen molar-refractivity contribution in [3.63, 3.8) is 0 Å². The van der Waals surface area contributed by atoms with Crippen LogP contribution in [0.15, 0.2) is 60.7 Å². The first-order chi connectivity index (χ1) is 14.2. The number of rotatable bonds is 8. The maximum Gasteiger partial charge on any atom is 0.413 e. The van der Waals surface area contributed by atoms with Crippen LogP contribution in [-0.2, 0) is 20.7 Å². The number of esters is 1. The molecule has 0 saturated heterocycles. The highest BCUT2D eigenvalue weighted by atomic mass is 19.4. The Hall–Kier alpha value is -3.29. The molecule has 8 heteroatoms. The van der Waals surface area contributed by atoms with Gasteiger partial charge in [-0.2, -0.15) is 13.2 Å². The summed E-state index contributed by atoms with van der Waals surface area (Å²) in [7, 11) is 0. The number of ether oxygens (including phenoxy) is 2. The van der Waals surface area contributed by atoms with Crippen LogP contribution < -0.4 is 10.1 Å². The molecule has 0 radical (unpaired) electrons. The average Bonchev–Trinajstić information content (AvgIpc) is 2.68. The second-order valence-corrected chi connectivity index (χ2v) is 6.37. The van der Waals surface area contributed by atoms with Crippen molar-refractivity contribution in [2.45, 2.75) is 32.5 Å². The molecule has 0 saturated carbocycles. The van der Waals surface area contributed by atoms with Crippen LogP contribution in [0.25, 0.3) is 5.76 Å². The van der Waals surface area contributed by atoms with E-state index in [-0.39, 0.29) is 42.1 Å². The average molecular weight is 421 g/mol. The molecule has 1 N–H and O–H groups in total. The largest absolute Gasteiger partial charge is 0.464 e. The van der Waals surface area contributed by atoms with Crippen molar-refractivity contribution in [3.8, 4) is 5.75 Å². The summed E-state index contributed by atoms with van der Waals surface area (Å²) < 4.78 is 49.2. The van der Waals surface area contributed by atoms with E-state index >= 15 is 0 Å². The summed E-state index contributed by atoms with van der Waals surface area (Å²) in [5, 5.41) is 2.53. The Kier molecular flexibility index (Phi) is 8.03. The molecule has 1 amide bonds. The highest BCUT2D eigenvalue weighted by Crippen LogP contribution is 2.27. The number of hydrogen-bond acceptors (Lipinski definition) is 4. The molecule has 0 spiro atoms. The Morgan fingerprint density at radius 2 is 1.70 bits per heavy atom. The van der Waals surface area contributed by atoms with Gasteiger partial charge >= 0.3 is 12.1 Å². The van der Waals surface area contributed by atoms with Crippen molar-refractivity contribution in [1.82, 2.24) is 5.32 Å². The summed E-state index contributed by atoms with van der Waals surface area (Å²) in [5.74, 6) is -1.07. The fraction of sp³-hybridized carbons (Fsp3) is 0.273. The number of amides is 1. The van der Waals surface area contributed by atoms with Gasteiger partial charge in [-0.1, -0.05) is 42.5 Å². The number of hydrogen-bond donors (Lipinski definition) is 1. The molecule has 0 aliphatic carbocycles. The van der Waals surface area contributed by atoms with E-state index in [2.05, 4.69) is 5.32 Å². The highest BCUT2D eigenvalue weighted by molar-refractivity contribution is 5.83. The van der Waals surface area contributed by atoms with Gasteiger partial charge in [-0.25, -0.2) is 4.79 Å². The fourth-order valence-corrected chi connectivity index (χ4v) is 2.66. The zero-order valence-corrected chi connectivity index (χ0v) is 16.5. The minimum Gasteiger partial charge on any atom is -0.464 e. The van der Waals surface area contributed by atoms with Crippen LogP contribution in [0.1, 0.15) is 25.0 Å². The van der Waals surface area contributed by atoms with Crippen LogP contribution >= 0.6 is 0 Å². The molecule has 0 aliphatic heterocycles. The molecular weight excluding hydrogens is 399 g/mol. The number of benzene rings is 2. The van der Waals surface area contributed by atoms with Gasteiger partial charge in [0.25, 0.3) is 0 Å². The molecule has 2 rings (SSSR count). The summed E-state index contributed by atoms with van der Waals surface area (Å²) in [5.41, 5.74) is 0.960. The van der Waals surface area contributed by atoms with E-state index in [0.29, 0.717) is 5.56 Å². The van der Waals surface area contributed by atoms with E-state index in [0.717, 1.165) is 0 Å². The zero-order valence-electron chi connectivity index (χ0n) is 16.5. The Bertz CT molecular complexity index is 878. The molecule has 0 unspecified atom stereocenters. The SMILES string of the molecule is CCOC(=O)[C@H](Cc1ccc(O/C(=C\C(F)(F)F)c2ccccc2)cc1)NC(C)=O. The van der Waals surface area contributed by atoms with Crippen LogP contribution in [-0.4, -0.2) is 30.7 Å². The van der Waals surface area contributed by atoms with Crippen LogP contribution in [0.5, 0.6) is 5.75 Å². The quantitative estimate of drug-likeness (QED) is 0.511. The molecule has 0 fully saturated rings. The molecule has 0 bridgehead atoms. The van der Waals surface area contributed by atoms with Gasteiger partial charge in [-0.05, 0) is 24.6 Å². The molecule has 1 atom stereocenters. The molecule has 2 aromatic rings. The molecule has 0 heterocycles. The highest BCUT2D eigenvalue weighted by Gasteiger charge is 2.26. The number of alkyl halides is 3.